The van der Waals surface area contributed by atoms with Gasteiger partial charge in [0.25, 0.3) is 0 Å². The van der Waals surface area contributed by atoms with Crippen LogP contribution in [0.15, 0.2) is 22.7 Å². The van der Waals surface area contributed by atoms with Crippen LogP contribution in [0.2, 0.25) is 0 Å². The Balaban J connectivity index is 1.75. The van der Waals surface area contributed by atoms with E-state index in [-0.39, 0.29) is 0 Å². The smallest absolute Gasteiger partial charge is 0.0209 e. The van der Waals surface area contributed by atoms with E-state index in [1.807, 2.05) is 0 Å². The summed E-state index contributed by atoms with van der Waals surface area (Å²) in [5.41, 5.74) is 2.65. The van der Waals surface area contributed by atoms with E-state index in [4.69, 9.17) is 0 Å². The summed E-state index contributed by atoms with van der Waals surface area (Å²) in [6, 6.07) is 7.88. The predicted molar refractivity (Wildman–Crippen MR) is 76.2 cm³/mol. The summed E-state index contributed by atoms with van der Waals surface area (Å²) in [7, 11) is 0. The molecule has 1 saturated carbocycles. The summed E-state index contributed by atoms with van der Waals surface area (Å²) in [6.07, 6.45) is 2.72. The van der Waals surface area contributed by atoms with E-state index in [9.17, 15) is 0 Å². The molecule has 1 aliphatic rings. The van der Waals surface area contributed by atoms with Gasteiger partial charge < -0.3 is 10.6 Å². The van der Waals surface area contributed by atoms with Gasteiger partial charge in [-0.3, -0.25) is 0 Å². The molecule has 1 aliphatic carbocycles. The molecule has 0 bridgehead atoms. The van der Waals surface area contributed by atoms with E-state index in [1.165, 1.54) is 24.0 Å². The highest BCUT2D eigenvalue weighted by atomic mass is 79.9. The molecule has 94 valence electrons. The van der Waals surface area contributed by atoms with E-state index in [0.717, 1.165) is 23.6 Å². The SMILES string of the molecule is Cc1cc(Br)cc(CNC(C)CNC2CC2)c1. The van der Waals surface area contributed by atoms with Gasteiger partial charge >= 0.3 is 0 Å². The summed E-state index contributed by atoms with van der Waals surface area (Å²) in [5.74, 6) is 0. The van der Waals surface area contributed by atoms with Crippen molar-refractivity contribution in [3.05, 3.63) is 33.8 Å². The van der Waals surface area contributed by atoms with E-state index in [0.29, 0.717) is 6.04 Å². The van der Waals surface area contributed by atoms with Crippen LogP contribution in [-0.4, -0.2) is 18.6 Å². The second-order valence-electron chi connectivity index (χ2n) is 5.10. The first kappa shape index (κ1) is 13.1. The molecule has 2 rings (SSSR count). The van der Waals surface area contributed by atoms with Gasteiger partial charge in [-0.15, -0.1) is 0 Å². The zero-order valence-corrected chi connectivity index (χ0v) is 12.2. The Bertz CT molecular complexity index is 354. The molecule has 2 N–H and O–H groups in total. The third kappa shape index (κ3) is 4.78. The molecule has 1 aromatic rings. The zero-order valence-electron chi connectivity index (χ0n) is 10.6. The van der Waals surface area contributed by atoms with Gasteiger partial charge in [-0.1, -0.05) is 22.0 Å². The van der Waals surface area contributed by atoms with E-state index < -0.39 is 0 Å². The number of hydrogen-bond acceptors (Lipinski definition) is 2. The monoisotopic (exact) mass is 296 g/mol. The van der Waals surface area contributed by atoms with E-state index in [1.54, 1.807) is 0 Å². The first-order valence-electron chi connectivity index (χ1n) is 6.36. The van der Waals surface area contributed by atoms with Crippen LogP contribution in [0.5, 0.6) is 0 Å². The summed E-state index contributed by atoms with van der Waals surface area (Å²) < 4.78 is 1.16. The summed E-state index contributed by atoms with van der Waals surface area (Å²) in [6.45, 7) is 6.37. The molecule has 0 heterocycles. The number of hydrogen-bond donors (Lipinski definition) is 2. The van der Waals surface area contributed by atoms with Crippen molar-refractivity contribution >= 4 is 15.9 Å². The molecule has 1 fully saturated rings. The third-order valence-corrected chi connectivity index (χ3v) is 3.50. The van der Waals surface area contributed by atoms with E-state index >= 15 is 0 Å². The minimum Gasteiger partial charge on any atom is -0.312 e. The quantitative estimate of drug-likeness (QED) is 0.843. The molecule has 0 saturated heterocycles. The van der Waals surface area contributed by atoms with Gasteiger partial charge in [-0.05, 0) is 49.9 Å². The van der Waals surface area contributed by atoms with Crippen LogP contribution in [0.3, 0.4) is 0 Å². The van der Waals surface area contributed by atoms with Gasteiger partial charge in [-0.2, -0.15) is 0 Å². The second-order valence-corrected chi connectivity index (χ2v) is 6.02. The predicted octanol–water partition coefficient (Wildman–Crippen LogP) is 2.99. The average molecular weight is 297 g/mol. The highest BCUT2D eigenvalue weighted by Gasteiger charge is 2.20. The van der Waals surface area contributed by atoms with Crippen LogP contribution in [0.1, 0.15) is 30.9 Å². The van der Waals surface area contributed by atoms with Gasteiger partial charge in [-0.25, -0.2) is 0 Å². The molecule has 17 heavy (non-hydrogen) atoms. The van der Waals surface area contributed by atoms with Crippen molar-refractivity contribution < 1.29 is 0 Å². The minimum absolute atomic E-state index is 0.523. The molecule has 3 heteroatoms. The molecule has 0 aromatic heterocycles. The maximum absolute atomic E-state index is 3.55. The second kappa shape index (κ2) is 5.98. The Morgan fingerprint density at radius 3 is 2.76 bits per heavy atom. The topological polar surface area (TPSA) is 24.1 Å². The first-order valence-corrected chi connectivity index (χ1v) is 7.15. The lowest BCUT2D eigenvalue weighted by atomic mass is 10.1. The Morgan fingerprint density at radius 2 is 2.12 bits per heavy atom. The van der Waals surface area contributed by atoms with Crippen LogP contribution in [0.4, 0.5) is 0 Å². The largest absolute Gasteiger partial charge is 0.312 e. The fraction of sp³-hybridized carbons (Fsp3) is 0.571. The van der Waals surface area contributed by atoms with Crippen molar-refractivity contribution in [2.24, 2.45) is 0 Å². The molecule has 1 unspecified atom stereocenters. The Labute approximate surface area is 112 Å². The van der Waals surface area contributed by atoms with Gasteiger partial charge in [0.1, 0.15) is 0 Å². The molecular weight excluding hydrogens is 276 g/mol. The lowest BCUT2D eigenvalue weighted by Gasteiger charge is -2.15. The average Bonchev–Trinajstić information content (AvgIpc) is 3.06. The maximum atomic E-state index is 3.55. The van der Waals surface area contributed by atoms with Crippen LogP contribution < -0.4 is 10.6 Å². The summed E-state index contributed by atoms with van der Waals surface area (Å²) >= 11 is 3.54. The highest BCUT2D eigenvalue weighted by molar-refractivity contribution is 9.10. The minimum atomic E-state index is 0.523. The van der Waals surface area contributed by atoms with Gasteiger partial charge in [0.2, 0.25) is 0 Å². The molecule has 0 radical (unpaired) electrons. The van der Waals surface area contributed by atoms with Crippen LogP contribution in [-0.2, 0) is 6.54 Å². The Morgan fingerprint density at radius 1 is 1.35 bits per heavy atom. The summed E-state index contributed by atoms with van der Waals surface area (Å²) in [4.78, 5) is 0. The van der Waals surface area contributed by atoms with Crippen molar-refractivity contribution in [3.8, 4) is 0 Å². The van der Waals surface area contributed by atoms with Crippen molar-refractivity contribution in [1.82, 2.24) is 10.6 Å². The lowest BCUT2D eigenvalue weighted by Crippen LogP contribution is -2.36. The van der Waals surface area contributed by atoms with Gasteiger partial charge in [0, 0.05) is 29.6 Å². The summed E-state index contributed by atoms with van der Waals surface area (Å²) in [5, 5.41) is 7.10. The maximum Gasteiger partial charge on any atom is 0.0209 e. The number of halogens is 1. The lowest BCUT2D eigenvalue weighted by molar-refractivity contribution is 0.500. The van der Waals surface area contributed by atoms with Crippen LogP contribution in [0, 0.1) is 6.92 Å². The van der Waals surface area contributed by atoms with Crippen LogP contribution in [0.25, 0.3) is 0 Å². The Kier molecular flexibility index (Phi) is 4.60. The third-order valence-electron chi connectivity index (χ3n) is 3.05. The van der Waals surface area contributed by atoms with Gasteiger partial charge in [0.15, 0.2) is 0 Å². The standard InChI is InChI=1S/C14H21BrN2/c1-10-5-12(7-13(15)6-10)9-16-11(2)8-17-14-3-4-14/h5-7,11,14,16-17H,3-4,8-9H2,1-2H3. The van der Waals surface area contributed by atoms with Crippen LogP contribution >= 0.6 is 15.9 Å². The fourth-order valence-electron chi connectivity index (χ4n) is 1.91. The zero-order chi connectivity index (χ0) is 12.3. The number of nitrogens with one attached hydrogen (secondary N) is 2. The van der Waals surface area contributed by atoms with Gasteiger partial charge in [0.05, 0.1) is 0 Å². The fourth-order valence-corrected chi connectivity index (χ4v) is 2.56. The normalized spacial score (nSPS) is 17.1. The molecule has 0 spiro atoms. The van der Waals surface area contributed by atoms with Crippen molar-refractivity contribution in [2.45, 2.75) is 45.3 Å². The number of rotatable bonds is 6. The first-order chi connectivity index (χ1) is 8.13. The van der Waals surface area contributed by atoms with E-state index in [2.05, 4.69) is 58.6 Å². The van der Waals surface area contributed by atoms with Crippen molar-refractivity contribution in [3.63, 3.8) is 0 Å². The molecular formula is C14H21BrN2. The molecule has 1 atom stereocenters. The van der Waals surface area contributed by atoms with Crippen molar-refractivity contribution in [2.75, 3.05) is 6.54 Å². The van der Waals surface area contributed by atoms with Crippen molar-refractivity contribution in [1.29, 1.82) is 0 Å². The molecule has 1 aromatic carbocycles. The number of benzene rings is 1. The molecule has 0 aliphatic heterocycles. The highest BCUT2D eigenvalue weighted by Crippen LogP contribution is 2.18. The number of aryl methyl sites for hydroxylation is 1. The Hall–Kier alpha value is -0.380. The molecule has 2 nitrogen and oxygen atoms in total. The molecule has 0 amide bonds.